The SMILES string of the molecule is CC(=O)Nc1cc([N+](=O)[O-])cc(N=Nc2c([O-])ccc3cccc(NC(C)=O)c23)c1[O-].CNS(=O)(=O)c1ccc(N=Nc2c([O-])ccc3cccc(NC(C)=O)c23)c([O-])c1.[Cr+3].[Na+]. The van der Waals surface area contributed by atoms with Crippen LogP contribution in [0.3, 0.4) is 0 Å². The Labute approximate surface area is 385 Å². The van der Waals surface area contributed by atoms with Crippen molar-refractivity contribution < 1.29 is 95.1 Å². The first-order valence-electron chi connectivity index (χ1n) is 17.3. The first-order chi connectivity index (χ1) is 28.4. The van der Waals surface area contributed by atoms with Crippen LogP contribution in [0.4, 0.5) is 45.5 Å². The van der Waals surface area contributed by atoms with Gasteiger partial charge >= 0.3 is 46.9 Å². The minimum atomic E-state index is -3.77. The standard InChI is InChI=1S/C20H17N5O6.C19H18N4O5S.Cr.Na/c1-10(26)21-14-5-3-4-12-6-7-17(28)19(18(12)14)24-23-16-9-13(25(30)31)8-15(20(16)29)22-11(2)27;1-11(24)21-15-5-3-4-12-6-9-16(25)19(18(12)15)23-22-14-8-7-13(10-17(14)26)29(27,28)20-2;;/h3-9,28-29H,1-2H3,(H,21,26)(H,22,27);3-10,20,25-26H,1-2H3,(H,21,24);;/q;;+3;+1/p-4. The second kappa shape index (κ2) is 21.3. The van der Waals surface area contributed by atoms with Crippen molar-refractivity contribution in [2.24, 2.45) is 20.5 Å². The fourth-order valence-corrected chi connectivity index (χ4v) is 6.34. The van der Waals surface area contributed by atoms with Crippen LogP contribution >= 0.6 is 0 Å². The maximum absolute atomic E-state index is 12.5. The average molecular weight is 909 g/mol. The molecule has 311 valence electrons. The number of non-ortho nitro benzene ring substituents is 1. The first kappa shape index (κ1) is 49.9. The molecule has 6 aromatic carbocycles. The van der Waals surface area contributed by atoms with Crippen LogP contribution in [-0.4, -0.2) is 38.1 Å². The zero-order chi connectivity index (χ0) is 43.9. The Morgan fingerprint density at radius 1 is 0.597 bits per heavy atom. The summed E-state index contributed by atoms with van der Waals surface area (Å²) in [6, 6.07) is 20.9. The van der Waals surface area contributed by atoms with Crippen LogP contribution in [0.5, 0.6) is 23.0 Å². The van der Waals surface area contributed by atoms with E-state index in [1.54, 1.807) is 48.5 Å². The van der Waals surface area contributed by atoms with Gasteiger partial charge in [-0.15, -0.1) is 0 Å². The largest absolute Gasteiger partial charge is 3.00 e. The van der Waals surface area contributed by atoms with E-state index >= 15 is 0 Å². The summed E-state index contributed by atoms with van der Waals surface area (Å²) in [5.41, 5.74) is -0.894. The Balaban J connectivity index is 0.000000321. The maximum Gasteiger partial charge on any atom is 3.00 e. The molecule has 6 aromatic rings. The number of hydrogen-bond acceptors (Lipinski definition) is 15. The van der Waals surface area contributed by atoms with Crippen molar-refractivity contribution in [2.45, 2.75) is 25.7 Å². The molecule has 20 nitrogen and oxygen atoms in total. The summed E-state index contributed by atoms with van der Waals surface area (Å²) in [4.78, 5) is 44.5. The summed E-state index contributed by atoms with van der Waals surface area (Å²) in [7, 11) is -2.54. The van der Waals surface area contributed by atoms with Crippen LogP contribution < -0.4 is 70.7 Å². The molecule has 1 radical (unpaired) electrons. The molecule has 0 fully saturated rings. The minimum absolute atomic E-state index is 0. The van der Waals surface area contributed by atoms with Crippen molar-refractivity contribution in [3.8, 4) is 23.0 Å². The number of rotatable bonds is 10. The molecule has 0 aromatic heterocycles. The molecule has 0 aliphatic carbocycles. The number of nitrogens with zero attached hydrogens (tertiary/aromatic N) is 5. The smallest absolute Gasteiger partial charge is 0.871 e. The molecule has 0 spiro atoms. The molecule has 0 heterocycles. The minimum Gasteiger partial charge on any atom is -0.871 e. The van der Waals surface area contributed by atoms with Crippen LogP contribution in [0.1, 0.15) is 20.8 Å². The summed E-state index contributed by atoms with van der Waals surface area (Å²) in [6.45, 7) is 3.78. The topological polar surface area (TPSA) is 318 Å². The number of sulfonamides is 1. The monoisotopic (exact) mass is 908 g/mol. The number of amides is 3. The Morgan fingerprint density at radius 3 is 1.50 bits per heavy atom. The molecule has 0 bridgehead atoms. The average Bonchev–Trinajstić information content (AvgIpc) is 3.18. The van der Waals surface area contributed by atoms with Crippen molar-refractivity contribution in [2.75, 3.05) is 23.0 Å². The number of nitro groups is 1. The number of nitrogens with one attached hydrogen (secondary N) is 4. The van der Waals surface area contributed by atoms with Crippen LogP contribution in [0.15, 0.2) is 116 Å². The first-order valence-corrected chi connectivity index (χ1v) is 18.7. The van der Waals surface area contributed by atoms with E-state index in [0.717, 1.165) is 25.1 Å². The van der Waals surface area contributed by atoms with E-state index in [-0.39, 0.29) is 86.4 Å². The van der Waals surface area contributed by atoms with E-state index in [4.69, 9.17) is 0 Å². The van der Waals surface area contributed by atoms with Gasteiger partial charge in [-0.1, -0.05) is 71.5 Å². The van der Waals surface area contributed by atoms with Gasteiger partial charge in [-0.3, -0.25) is 24.5 Å². The summed E-state index contributed by atoms with van der Waals surface area (Å²) < 4.78 is 25.7. The van der Waals surface area contributed by atoms with Gasteiger partial charge < -0.3 is 36.4 Å². The number of anilines is 3. The summed E-state index contributed by atoms with van der Waals surface area (Å²) >= 11 is 0. The predicted molar refractivity (Wildman–Crippen MR) is 213 cm³/mol. The zero-order valence-corrected chi connectivity index (χ0v) is 37.3. The quantitative estimate of drug-likeness (QED) is 0.0670. The van der Waals surface area contributed by atoms with Crippen LogP contribution in [0, 0.1) is 10.1 Å². The van der Waals surface area contributed by atoms with E-state index in [1.165, 1.54) is 45.2 Å². The van der Waals surface area contributed by atoms with E-state index < -0.39 is 55.2 Å². The number of benzene rings is 6. The normalized spacial score (nSPS) is 11.0. The van der Waals surface area contributed by atoms with Gasteiger partial charge in [0.2, 0.25) is 27.7 Å². The predicted octanol–water partition coefficient (Wildman–Crippen LogP) is 2.50. The van der Waals surface area contributed by atoms with E-state index in [0.29, 0.717) is 32.9 Å². The maximum atomic E-state index is 12.5. The van der Waals surface area contributed by atoms with Gasteiger partial charge in [0.05, 0.1) is 43.9 Å². The van der Waals surface area contributed by atoms with Gasteiger partial charge in [0.15, 0.2) is 0 Å². The molecule has 0 saturated carbocycles. The second-order valence-electron chi connectivity index (χ2n) is 12.5. The van der Waals surface area contributed by atoms with Crippen molar-refractivity contribution in [1.82, 2.24) is 4.72 Å². The Kier molecular flexibility index (Phi) is 17.2. The number of carbonyl (C=O) groups excluding carboxylic acids is 3. The summed E-state index contributed by atoms with van der Waals surface area (Å²) in [6.07, 6.45) is 0. The number of fused-ring (bicyclic) bond motifs is 2. The van der Waals surface area contributed by atoms with Crippen molar-refractivity contribution in [3.05, 3.63) is 101 Å². The number of hydrogen-bond donors (Lipinski definition) is 4. The molecule has 3 amide bonds. The van der Waals surface area contributed by atoms with Gasteiger partial charge in [-0.25, -0.2) is 13.1 Å². The van der Waals surface area contributed by atoms with Gasteiger partial charge in [0, 0.05) is 49.4 Å². The molecule has 4 N–H and O–H groups in total. The molecule has 0 atom stereocenters. The van der Waals surface area contributed by atoms with Crippen LogP contribution in [-0.2, 0) is 41.8 Å². The molecule has 6 rings (SSSR count). The Hall–Kier alpha value is -6.51. The second-order valence-corrected chi connectivity index (χ2v) is 14.4. The number of nitro benzene ring substituents is 1. The molecule has 0 saturated heterocycles. The molecular formula is C39H31CrN9NaO11S. The molecule has 62 heavy (non-hydrogen) atoms. The molecule has 0 aliphatic heterocycles. The van der Waals surface area contributed by atoms with E-state index in [9.17, 15) is 53.3 Å². The Bertz CT molecular complexity index is 2900. The van der Waals surface area contributed by atoms with Crippen molar-refractivity contribution in [1.29, 1.82) is 0 Å². The van der Waals surface area contributed by atoms with Gasteiger partial charge in [0.1, 0.15) is 0 Å². The van der Waals surface area contributed by atoms with Crippen molar-refractivity contribution in [3.63, 3.8) is 0 Å². The molecule has 23 heteroatoms. The summed E-state index contributed by atoms with van der Waals surface area (Å²) in [5.74, 6) is -3.74. The zero-order valence-electron chi connectivity index (χ0n) is 33.2. The molecule has 0 aliphatic rings. The van der Waals surface area contributed by atoms with Gasteiger partial charge in [-0.2, -0.15) is 20.5 Å². The molecule has 0 unspecified atom stereocenters. The van der Waals surface area contributed by atoms with E-state index in [2.05, 4.69) is 41.1 Å². The number of carbonyl (C=O) groups is 3. The third-order valence-corrected chi connectivity index (χ3v) is 9.60. The van der Waals surface area contributed by atoms with E-state index in [1.807, 2.05) is 0 Å². The van der Waals surface area contributed by atoms with Crippen LogP contribution in [0.25, 0.3) is 21.5 Å². The third-order valence-electron chi connectivity index (χ3n) is 8.19. The Morgan fingerprint density at radius 2 is 1.06 bits per heavy atom. The van der Waals surface area contributed by atoms with Crippen molar-refractivity contribution >= 4 is 94.8 Å². The summed E-state index contributed by atoms with van der Waals surface area (Å²) in [5, 5.41) is 85.6. The number of azo groups is 2. The van der Waals surface area contributed by atoms with Gasteiger partial charge in [-0.05, 0) is 48.2 Å². The fourth-order valence-electron chi connectivity index (χ4n) is 5.60. The van der Waals surface area contributed by atoms with Crippen LogP contribution in [0.2, 0.25) is 0 Å². The van der Waals surface area contributed by atoms with Gasteiger partial charge in [0.25, 0.3) is 5.69 Å². The third kappa shape index (κ3) is 11.9. The molecular weight excluding hydrogens is 878 g/mol. The fraction of sp³-hybridized carbons (Fsp3) is 0.103.